The summed E-state index contributed by atoms with van der Waals surface area (Å²) in [7, 11) is 0. The van der Waals surface area contributed by atoms with Crippen LogP contribution in [-0.2, 0) is 17.8 Å². The van der Waals surface area contributed by atoms with Crippen LogP contribution in [0.25, 0.3) is 0 Å². The average Bonchev–Trinajstić information content (AvgIpc) is 3.20. The number of carbonyl (C=O) groups excluding carboxylic acids is 1. The molecule has 0 aliphatic rings. The molecule has 2 heterocycles. The van der Waals surface area contributed by atoms with E-state index in [4.69, 9.17) is 0 Å². The van der Waals surface area contributed by atoms with Gasteiger partial charge in [-0.3, -0.25) is 4.79 Å². The molecular weight excluding hydrogens is 332 g/mol. The summed E-state index contributed by atoms with van der Waals surface area (Å²) >= 11 is 1.57. The van der Waals surface area contributed by atoms with Gasteiger partial charge < -0.3 is 9.88 Å². The average molecular weight is 354 g/mol. The molecule has 0 unspecified atom stereocenters. The van der Waals surface area contributed by atoms with Crippen LogP contribution in [0.2, 0.25) is 0 Å². The fraction of sp³-hybridized carbons (Fsp3) is 0.316. The lowest BCUT2D eigenvalue weighted by molar-refractivity contribution is -0.121. The van der Waals surface area contributed by atoms with Crippen molar-refractivity contribution in [2.24, 2.45) is 0 Å². The van der Waals surface area contributed by atoms with E-state index in [0.717, 1.165) is 35.1 Å². The Balaban J connectivity index is 1.67. The van der Waals surface area contributed by atoms with Gasteiger partial charge in [0.05, 0.1) is 23.2 Å². The Kier molecular flexibility index (Phi) is 5.60. The molecule has 0 fully saturated rings. The van der Waals surface area contributed by atoms with Gasteiger partial charge in [0, 0.05) is 24.3 Å². The standard InChI is InChI=1S/C19H22N4OS/c1-14-20-9-11-23(14)10-8-18(16-6-4-3-5-7-16)22-19(24)12-17-13-25-15(2)21-17/h3-7,9,11,13,18H,8,10,12H2,1-2H3,(H,22,24)/t18-/m0/s1. The first-order valence-electron chi connectivity index (χ1n) is 8.35. The van der Waals surface area contributed by atoms with Gasteiger partial charge in [-0.25, -0.2) is 9.97 Å². The van der Waals surface area contributed by atoms with Crippen LogP contribution in [0.5, 0.6) is 0 Å². The van der Waals surface area contributed by atoms with Crippen LogP contribution in [0.1, 0.15) is 34.6 Å². The van der Waals surface area contributed by atoms with E-state index in [9.17, 15) is 4.79 Å². The Labute approximate surface area is 151 Å². The van der Waals surface area contributed by atoms with Gasteiger partial charge in [0.1, 0.15) is 5.82 Å². The number of nitrogens with zero attached hydrogens (tertiary/aromatic N) is 3. The maximum absolute atomic E-state index is 12.5. The monoisotopic (exact) mass is 354 g/mol. The molecule has 3 rings (SSSR count). The van der Waals surface area contributed by atoms with Crippen molar-refractivity contribution < 1.29 is 4.79 Å². The van der Waals surface area contributed by atoms with E-state index in [0.29, 0.717) is 6.42 Å². The summed E-state index contributed by atoms with van der Waals surface area (Å²) in [6, 6.07) is 10.1. The Morgan fingerprint density at radius 1 is 1.28 bits per heavy atom. The molecule has 5 nitrogen and oxygen atoms in total. The van der Waals surface area contributed by atoms with E-state index < -0.39 is 0 Å². The number of hydrogen-bond donors (Lipinski definition) is 1. The van der Waals surface area contributed by atoms with Gasteiger partial charge in [-0.2, -0.15) is 0 Å². The third kappa shape index (κ3) is 4.76. The molecule has 0 saturated heterocycles. The molecule has 0 aliphatic heterocycles. The topological polar surface area (TPSA) is 59.8 Å². The highest BCUT2D eigenvalue weighted by Gasteiger charge is 2.16. The van der Waals surface area contributed by atoms with Gasteiger partial charge >= 0.3 is 0 Å². The van der Waals surface area contributed by atoms with Crippen LogP contribution >= 0.6 is 11.3 Å². The van der Waals surface area contributed by atoms with Crippen molar-refractivity contribution >= 4 is 17.2 Å². The van der Waals surface area contributed by atoms with Crippen LogP contribution in [0.3, 0.4) is 0 Å². The summed E-state index contributed by atoms with van der Waals surface area (Å²) in [4.78, 5) is 21.1. The number of nitrogens with one attached hydrogen (secondary N) is 1. The smallest absolute Gasteiger partial charge is 0.226 e. The summed E-state index contributed by atoms with van der Waals surface area (Å²) in [5, 5.41) is 6.09. The zero-order valence-corrected chi connectivity index (χ0v) is 15.3. The second-order valence-corrected chi connectivity index (χ2v) is 7.08. The van der Waals surface area contributed by atoms with Crippen molar-refractivity contribution in [2.75, 3.05) is 0 Å². The minimum atomic E-state index is -0.0322. The van der Waals surface area contributed by atoms with Gasteiger partial charge in [0.15, 0.2) is 0 Å². The SMILES string of the molecule is Cc1nc(CC(=O)N[C@@H](CCn2ccnc2C)c2ccccc2)cs1. The lowest BCUT2D eigenvalue weighted by Crippen LogP contribution is -2.30. The molecule has 0 spiro atoms. The third-order valence-electron chi connectivity index (χ3n) is 4.13. The molecule has 1 aromatic carbocycles. The van der Waals surface area contributed by atoms with Crippen LogP contribution in [0.4, 0.5) is 0 Å². The molecule has 1 atom stereocenters. The zero-order valence-electron chi connectivity index (χ0n) is 14.5. The molecule has 1 amide bonds. The van der Waals surface area contributed by atoms with Crippen molar-refractivity contribution in [2.45, 2.75) is 39.3 Å². The predicted molar refractivity (Wildman–Crippen MR) is 99.5 cm³/mol. The van der Waals surface area contributed by atoms with E-state index in [1.165, 1.54) is 0 Å². The largest absolute Gasteiger partial charge is 0.349 e. The molecule has 0 saturated carbocycles. The lowest BCUT2D eigenvalue weighted by atomic mass is 10.0. The number of amides is 1. The number of rotatable bonds is 7. The van der Waals surface area contributed by atoms with Crippen molar-refractivity contribution in [1.29, 1.82) is 0 Å². The van der Waals surface area contributed by atoms with Crippen molar-refractivity contribution in [3.8, 4) is 0 Å². The van der Waals surface area contributed by atoms with Crippen LogP contribution in [0, 0.1) is 13.8 Å². The summed E-state index contributed by atoms with van der Waals surface area (Å²) in [5.74, 6) is 0.984. The van der Waals surface area contributed by atoms with Gasteiger partial charge in [0.25, 0.3) is 0 Å². The number of imidazole rings is 1. The molecule has 0 bridgehead atoms. The van der Waals surface area contributed by atoms with Gasteiger partial charge in [-0.15, -0.1) is 11.3 Å². The lowest BCUT2D eigenvalue weighted by Gasteiger charge is -2.20. The second-order valence-electron chi connectivity index (χ2n) is 6.02. The number of aromatic nitrogens is 3. The minimum Gasteiger partial charge on any atom is -0.349 e. The molecule has 2 aromatic heterocycles. The van der Waals surface area contributed by atoms with Crippen LogP contribution < -0.4 is 5.32 Å². The molecule has 6 heteroatoms. The van der Waals surface area contributed by atoms with Crippen molar-refractivity contribution in [1.82, 2.24) is 19.9 Å². The second kappa shape index (κ2) is 8.07. The van der Waals surface area contributed by atoms with E-state index >= 15 is 0 Å². The first-order chi connectivity index (χ1) is 12.1. The molecule has 1 N–H and O–H groups in total. The Bertz CT molecular complexity index is 825. The summed E-state index contributed by atoms with van der Waals surface area (Å²) in [5.41, 5.74) is 1.94. The molecule has 0 radical (unpaired) electrons. The number of benzene rings is 1. The first-order valence-corrected chi connectivity index (χ1v) is 9.23. The predicted octanol–water partition coefficient (Wildman–Crippen LogP) is 3.45. The highest BCUT2D eigenvalue weighted by molar-refractivity contribution is 7.09. The van der Waals surface area contributed by atoms with Crippen molar-refractivity contribution in [3.05, 3.63) is 70.2 Å². The maximum atomic E-state index is 12.5. The van der Waals surface area contributed by atoms with Gasteiger partial charge in [-0.1, -0.05) is 30.3 Å². The fourth-order valence-electron chi connectivity index (χ4n) is 2.82. The van der Waals surface area contributed by atoms with E-state index in [1.54, 1.807) is 17.5 Å². The normalized spacial score (nSPS) is 12.1. The summed E-state index contributed by atoms with van der Waals surface area (Å²) in [6.07, 6.45) is 4.90. The Morgan fingerprint density at radius 2 is 2.08 bits per heavy atom. The van der Waals surface area contributed by atoms with E-state index in [1.807, 2.05) is 43.6 Å². The highest BCUT2D eigenvalue weighted by atomic mass is 32.1. The van der Waals surface area contributed by atoms with Crippen LogP contribution in [0.15, 0.2) is 48.1 Å². The third-order valence-corrected chi connectivity index (χ3v) is 4.95. The number of hydrogen-bond acceptors (Lipinski definition) is 4. The number of aryl methyl sites for hydroxylation is 3. The fourth-order valence-corrected chi connectivity index (χ4v) is 3.43. The zero-order chi connectivity index (χ0) is 17.6. The number of carbonyl (C=O) groups is 1. The minimum absolute atomic E-state index is 0.00139. The van der Waals surface area contributed by atoms with E-state index in [2.05, 4.69) is 32.0 Å². The van der Waals surface area contributed by atoms with Gasteiger partial charge in [0.2, 0.25) is 5.91 Å². The maximum Gasteiger partial charge on any atom is 0.226 e. The van der Waals surface area contributed by atoms with Gasteiger partial charge in [-0.05, 0) is 25.8 Å². The summed E-state index contributed by atoms with van der Waals surface area (Å²) < 4.78 is 2.10. The number of thiazole rings is 1. The molecule has 0 aliphatic carbocycles. The Morgan fingerprint density at radius 3 is 2.72 bits per heavy atom. The Hall–Kier alpha value is -2.47. The first kappa shape index (κ1) is 17.4. The molecule has 130 valence electrons. The van der Waals surface area contributed by atoms with E-state index in [-0.39, 0.29) is 11.9 Å². The van der Waals surface area contributed by atoms with Crippen molar-refractivity contribution in [3.63, 3.8) is 0 Å². The molecular formula is C19H22N4OS. The summed E-state index contributed by atoms with van der Waals surface area (Å²) in [6.45, 7) is 4.74. The molecule has 3 aromatic rings. The quantitative estimate of drug-likeness (QED) is 0.707. The van der Waals surface area contributed by atoms with Crippen LogP contribution in [-0.4, -0.2) is 20.4 Å². The highest BCUT2D eigenvalue weighted by Crippen LogP contribution is 2.18. The molecule has 25 heavy (non-hydrogen) atoms.